The molecular formula is C14H17N3. The average molecular weight is 227 g/mol. The summed E-state index contributed by atoms with van der Waals surface area (Å²) >= 11 is 0. The Balaban J connectivity index is 2.05. The lowest BCUT2D eigenvalue weighted by molar-refractivity contribution is 0.805. The van der Waals surface area contributed by atoms with Gasteiger partial charge >= 0.3 is 0 Å². The molecule has 0 saturated heterocycles. The Morgan fingerprint density at radius 3 is 3.24 bits per heavy atom. The van der Waals surface area contributed by atoms with Crippen molar-refractivity contribution in [3.8, 4) is 5.69 Å². The number of rotatable bonds is 2. The van der Waals surface area contributed by atoms with Crippen LogP contribution in [0.3, 0.4) is 0 Å². The molecule has 0 aliphatic carbocycles. The molecule has 0 atom stereocenters. The molecule has 1 aromatic heterocycles. The van der Waals surface area contributed by atoms with Gasteiger partial charge in [0.05, 0.1) is 11.9 Å². The number of anilines is 1. The van der Waals surface area contributed by atoms with Gasteiger partial charge in [0, 0.05) is 12.1 Å². The summed E-state index contributed by atoms with van der Waals surface area (Å²) in [5.74, 6) is 1.17. The minimum absolute atomic E-state index is 1.05. The molecule has 1 N–H and O–H groups in total. The van der Waals surface area contributed by atoms with Crippen LogP contribution in [0.15, 0.2) is 30.5 Å². The molecule has 0 amide bonds. The third-order valence-corrected chi connectivity index (χ3v) is 3.32. The zero-order valence-electron chi connectivity index (χ0n) is 10.1. The summed E-state index contributed by atoms with van der Waals surface area (Å²) in [6.45, 7) is 3.22. The number of aryl methyl sites for hydroxylation is 2. The van der Waals surface area contributed by atoms with Crippen LogP contribution in [0, 0.1) is 0 Å². The van der Waals surface area contributed by atoms with Crippen LogP contribution in [-0.2, 0) is 12.8 Å². The lowest BCUT2D eigenvalue weighted by Crippen LogP contribution is -2.14. The van der Waals surface area contributed by atoms with Gasteiger partial charge in [-0.05, 0) is 37.0 Å². The van der Waals surface area contributed by atoms with E-state index in [9.17, 15) is 0 Å². The van der Waals surface area contributed by atoms with E-state index in [1.165, 1.54) is 23.4 Å². The van der Waals surface area contributed by atoms with Crippen molar-refractivity contribution in [2.75, 3.05) is 11.9 Å². The van der Waals surface area contributed by atoms with Gasteiger partial charge in [-0.2, -0.15) is 5.10 Å². The molecule has 1 aliphatic rings. The van der Waals surface area contributed by atoms with E-state index < -0.39 is 0 Å². The SMILES string of the molecule is CCc1cccc(-n2ncc3c2NCCC3)c1. The third kappa shape index (κ3) is 1.82. The highest BCUT2D eigenvalue weighted by molar-refractivity contribution is 5.52. The molecule has 2 heterocycles. The van der Waals surface area contributed by atoms with Crippen LogP contribution in [-0.4, -0.2) is 16.3 Å². The van der Waals surface area contributed by atoms with E-state index in [1.54, 1.807) is 0 Å². The monoisotopic (exact) mass is 227 g/mol. The van der Waals surface area contributed by atoms with Gasteiger partial charge in [-0.25, -0.2) is 4.68 Å². The molecule has 0 saturated carbocycles. The first-order valence-corrected chi connectivity index (χ1v) is 6.28. The maximum Gasteiger partial charge on any atom is 0.132 e. The van der Waals surface area contributed by atoms with Crippen molar-refractivity contribution < 1.29 is 0 Å². The highest BCUT2D eigenvalue weighted by Gasteiger charge is 2.15. The van der Waals surface area contributed by atoms with Gasteiger partial charge in [-0.3, -0.25) is 0 Å². The smallest absolute Gasteiger partial charge is 0.132 e. The van der Waals surface area contributed by atoms with Crippen LogP contribution < -0.4 is 5.32 Å². The molecule has 0 fully saturated rings. The molecule has 0 spiro atoms. The summed E-state index contributed by atoms with van der Waals surface area (Å²) in [5, 5.41) is 7.95. The normalized spacial score (nSPS) is 14.2. The molecule has 3 nitrogen and oxygen atoms in total. The predicted octanol–water partition coefficient (Wildman–Crippen LogP) is 2.79. The fourth-order valence-electron chi connectivity index (χ4n) is 2.34. The van der Waals surface area contributed by atoms with Crippen LogP contribution in [0.4, 0.5) is 5.82 Å². The van der Waals surface area contributed by atoms with Gasteiger partial charge in [0.1, 0.15) is 5.82 Å². The van der Waals surface area contributed by atoms with Crippen LogP contribution >= 0.6 is 0 Å². The summed E-state index contributed by atoms with van der Waals surface area (Å²) in [6, 6.07) is 8.59. The summed E-state index contributed by atoms with van der Waals surface area (Å²) in [6.07, 6.45) is 5.38. The molecule has 3 rings (SSSR count). The quantitative estimate of drug-likeness (QED) is 0.855. The van der Waals surface area contributed by atoms with Crippen LogP contribution in [0.2, 0.25) is 0 Å². The average Bonchev–Trinajstić information content (AvgIpc) is 2.82. The molecule has 17 heavy (non-hydrogen) atoms. The van der Waals surface area contributed by atoms with E-state index in [1.807, 2.05) is 10.9 Å². The van der Waals surface area contributed by atoms with Gasteiger partial charge in [-0.15, -0.1) is 0 Å². The Morgan fingerprint density at radius 2 is 2.35 bits per heavy atom. The molecular weight excluding hydrogens is 210 g/mol. The highest BCUT2D eigenvalue weighted by Crippen LogP contribution is 2.24. The second kappa shape index (κ2) is 4.24. The molecule has 88 valence electrons. The minimum atomic E-state index is 1.05. The largest absolute Gasteiger partial charge is 0.370 e. The lowest BCUT2D eigenvalue weighted by Gasteiger charge is -2.16. The number of hydrogen-bond acceptors (Lipinski definition) is 2. The second-order valence-corrected chi connectivity index (χ2v) is 4.48. The van der Waals surface area contributed by atoms with E-state index in [4.69, 9.17) is 0 Å². The standard InChI is InChI=1S/C14H17N3/c1-2-11-5-3-7-13(9-11)17-14-12(10-16-17)6-4-8-15-14/h3,5,7,9-10,15H,2,4,6,8H2,1H3. The van der Waals surface area contributed by atoms with Gasteiger partial charge < -0.3 is 5.32 Å². The van der Waals surface area contributed by atoms with Crippen LogP contribution in [0.25, 0.3) is 5.69 Å². The zero-order chi connectivity index (χ0) is 11.7. The first-order valence-electron chi connectivity index (χ1n) is 6.28. The summed E-state index contributed by atoms with van der Waals surface area (Å²) in [7, 11) is 0. The van der Waals surface area contributed by atoms with Crippen LogP contribution in [0.5, 0.6) is 0 Å². The Kier molecular flexibility index (Phi) is 2.59. The number of aromatic nitrogens is 2. The topological polar surface area (TPSA) is 29.9 Å². The fraction of sp³-hybridized carbons (Fsp3) is 0.357. The lowest BCUT2D eigenvalue weighted by atomic mass is 10.1. The van der Waals surface area contributed by atoms with E-state index in [0.29, 0.717) is 0 Å². The summed E-state index contributed by atoms with van der Waals surface area (Å²) in [5.41, 5.74) is 3.83. The first-order chi connectivity index (χ1) is 8.38. The number of hydrogen-bond donors (Lipinski definition) is 1. The van der Waals surface area contributed by atoms with Crippen molar-refractivity contribution in [1.29, 1.82) is 0 Å². The predicted molar refractivity (Wildman–Crippen MR) is 69.8 cm³/mol. The minimum Gasteiger partial charge on any atom is -0.370 e. The Labute approximate surface area is 101 Å². The molecule has 2 aromatic rings. The van der Waals surface area contributed by atoms with E-state index in [-0.39, 0.29) is 0 Å². The summed E-state index contributed by atoms with van der Waals surface area (Å²) in [4.78, 5) is 0. The van der Waals surface area contributed by atoms with Crippen molar-refractivity contribution in [1.82, 2.24) is 9.78 Å². The van der Waals surface area contributed by atoms with Gasteiger partial charge in [0.15, 0.2) is 0 Å². The summed E-state index contributed by atoms with van der Waals surface area (Å²) < 4.78 is 2.02. The van der Waals surface area contributed by atoms with Gasteiger partial charge in [0.2, 0.25) is 0 Å². The molecule has 0 bridgehead atoms. The Morgan fingerprint density at radius 1 is 1.41 bits per heavy atom. The van der Waals surface area contributed by atoms with E-state index in [2.05, 4.69) is 41.6 Å². The maximum absolute atomic E-state index is 4.50. The van der Waals surface area contributed by atoms with Crippen LogP contribution in [0.1, 0.15) is 24.5 Å². The number of nitrogens with zero attached hydrogens (tertiary/aromatic N) is 2. The van der Waals surface area contributed by atoms with Gasteiger partial charge in [0.25, 0.3) is 0 Å². The third-order valence-electron chi connectivity index (χ3n) is 3.32. The molecule has 1 aliphatic heterocycles. The molecule has 0 radical (unpaired) electrons. The Hall–Kier alpha value is -1.77. The molecule has 1 aromatic carbocycles. The number of fused-ring (bicyclic) bond motifs is 1. The second-order valence-electron chi connectivity index (χ2n) is 4.48. The van der Waals surface area contributed by atoms with Crippen molar-refractivity contribution >= 4 is 5.82 Å². The van der Waals surface area contributed by atoms with Gasteiger partial charge in [-0.1, -0.05) is 19.1 Å². The van der Waals surface area contributed by atoms with Crippen molar-refractivity contribution in [2.45, 2.75) is 26.2 Å². The number of nitrogens with one attached hydrogen (secondary N) is 1. The van der Waals surface area contributed by atoms with E-state index >= 15 is 0 Å². The van der Waals surface area contributed by atoms with Crippen molar-refractivity contribution in [3.63, 3.8) is 0 Å². The first kappa shape index (κ1) is 10.4. The highest BCUT2D eigenvalue weighted by atomic mass is 15.3. The zero-order valence-corrected chi connectivity index (χ0v) is 10.1. The molecule has 0 unspecified atom stereocenters. The number of benzene rings is 1. The van der Waals surface area contributed by atoms with Crippen molar-refractivity contribution in [3.05, 3.63) is 41.6 Å². The maximum atomic E-state index is 4.50. The molecule has 3 heteroatoms. The fourth-order valence-corrected chi connectivity index (χ4v) is 2.34. The van der Waals surface area contributed by atoms with E-state index in [0.717, 1.165) is 25.1 Å². The van der Waals surface area contributed by atoms with Crippen molar-refractivity contribution in [2.24, 2.45) is 0 Å². The Bertz CT molecular complexity index is 528.